The van der Waals surface area contributed by atoms with E-state index in [-0.39, 0.29) is 36.9 Å². The highest BCUT2D eigenvalue weighted by Gasteiger charge is 2.62. The number of hydrogen-bond acceptors (Lipinski definition) is 8. The molecule has 8 nitrogen and oxygen atoms in total. The van der Waals surface area contributed by atoms with Gasteiger partial charge in [0.15, 0.2) is 18.4 Å². The largest absolute Gasteiger partial charge is 0.370 e. The molecular weight excluding hydrogens is 320 g/mol. The van der Waals surface area contributed by atoms with Gasteiger partial charge in [-0.15, -0.1) is 0 Å². The first kappa shape index (κ1) is 17.1. The monoisotopic (exact) mass is 346 g/mol. The molecule has 3 saturated heterocycles. The zero-order chi connectivity index (χ0) is 16.9. The lowest BCUT2D eigenvalue weighted by Gasteiger charge is -2.38. The van der Waals surface area contributed by atoms with Crippen molar-refractivity contribution in [3.63, 3.8) is 0 Å². The number of rotatable bonds is 4. The molecule has 0 aromatic rings. The van der Waals surface area contributed by atoms with Crippen molar-refractivity contribution in [2.45, 2.75) is 88.4 Å². The smallest absolute Gasteiger partial charge is 0.190 e. The van der Waals surface area contributed by atoms with Crippen molar-refractivity contribution < 1.29 is 38.9 Å². The maximum absolute atomic E-state index is 10.1. The van der Waals surface area contributed by atoms with Crippen molar-refractivity contribution in [1.82, 2.24) is 0 Å². The SMILES string of the molecule is CC(C)OC(O)C1CCC2(CC1)O[C@H]1O[C@H]3[C@H](OC[C@H]3OO)[C@H]1O2. The van der Waals surface area contributed by atoms with Gasteiger partial charge in [0.1, 0.15) is 24.4 Å². The van der Waals surface area contributed by atoms with Gasteiger partial charge >= 0.3 is 0 Å². The Balaban J connectivity index is 1.34. The summed E-state index contributed by atoms with van der Waals surface area (Å²) >= 11 is 0. The van der Waals surface area contributed by atoms with Crippen LogP contribution in [0.2, 0.25) is 0 Å². The van der Waals surface area contributed by atoms with Gasteiger partial charge in [0, 0.05) is 18.8 Å². The fraction of sp³-hybridized carbons (Fsp3) is 1.00. The van der Waals surface area contributed by atoms with Gasteiger partial charge in [0.05, 0.1) is 12.7 Å². The zero-order valence-corrected chi connectivity index (χ0v) is 14.0. The summed E-state index contributed by atoms with van der Waals surface area (Å²) in [5.74, 6) is -0.579. The Labute approximate surface area is 140 Å². The van der Waals surface area contributed by atoms with Gasteiger partial charge in [0.2, 0.25) is 0 Å². The number of ether oxygens (including phenoxy) is 5. The summed E-state index contributed by atoms with van der Waals surface area (Å²) < 4.78 is 29.2. The minimum atomic E-state index is -0.746. The van der Waals surface area contributed by atoms with E-state index in [2.05, 4.69) is 4.89 Å². The molecule has 4 rings (SSSR count). The Morgan fingerprint density at radius 2 is 1.83 bits per heavy atom. The van der Waals surface area contributed by atoms with Crippen molar-refractivity contribution in [3.05, 3.63) is 0 Å². The van der Waals surface area contributed by atoms with E-state index in [1.54, 1.807) is 0 Å². The van der Waals surface area contributed by atoms with Crippen molar-refractivity contribution >= 4 is 0 Å². The second kappa shape index (κ2) is 6.44. The van der Waals surface area contributed by atoms with E-state index in [1.165, 1.54) is 0 Å². The summed E-state index contributed by atoms with van der Waals surface area (Å²) in [6, 6.07) is 0. The Morgan fingerprint density at radius 1 is 1.08 bits per heavy atom. The van der Waals surface area contributed by atoms with E-state index >= 15 is 0 Å². The van der Waals surface area contributed by atoms with Crippen molar-refractivity contribution in [3.8, 4) is 0 Å². The molecule has 8 heteroatoms. The maximum atomic E-state index is 10.1. The normalized spacial score (nSPS) is 48.9. The molecular formula is C16H26O8. The van der Waals surface area contributed by atoms with Crippen molar-refractivity contribution in [1.29, 1.82) is 0 Å². The highest BCUT2D eigenvalue weighted by Crippen LogP contribution is 2.49. The van der Waals surface area contributed by atoms with Crippen LogP contribution in [0.1, 0.15) is 39.5 Å². The topological polar surface area (TPSA) is 95.8 Å². The van der Waals surface area contributed by atoms with Gasteiger partial charge in [-0.1, -0.05) is 0 Å². The van der Waals surface area contributed by atoms with Crippen LogP contribution in [0.25, 0.3) is 0 Å². The number of hydrogen-bond donors (Lipinski definition) is 2. The molecule has 6 atom stereocenters. The quantitative estimate of drug-likeness (QED) is 0.442. The van der Waals surface area contributed by atoms with Crippen LogP contribution >= 0.6 is 0 Å². The van der Waals surface area contributed by atoms with Gasteiger partial charge in [-0.25, -0.2) is 4.89 Å². The van der Waals surface area contributed by atoms with Crippen molar-refractivity contribution in [2.75, 3.05) is 6.61 Å². The van der Waals surface area contributed by atoms with E-state index in [0.717, 1.165) is 12.8 Å². The molecule has 3 heterocycles. The van der Waals surface area contributed by atoms with E-state index in [1.807, 2.05) is 13.8 Å². The van der Waals surface area contributed by atoms with E-state index < -0.39 is 24.5 Å². The summed E-state index contributed by atoms with van der Waals surface area (Å²) in [6.07, 6.45) is 0.227. The number of aliphatic hydroxyl groups is 1. The fourth-order valence-electron chi connectivity index (χ4n) is 4.23. The molecule has 0 aromatic heterocycles. The summed E-state index contributed by atoms with van der Waals surface area (Å²) in [6.45, 7) is 4.11. The standard InChI is InChI=1S/C16H26O8/c1-8(2)20-14(17)9-3-5-16(6-4-9)22-13-12-11(21-15(13)23-16)10(24-18)7-19-12/h8-15,17-18H,3-7H2,1-2H3/t9?,10-,11-,12+,13-,14?,15-,16?/m1/s1. The molecule has 0 aromatic carbocycles. The molecule has 138 valence electrons. The van der Waals surface area contributed by atoms with Gasteiger partial charge in [-0.3, -0.25) is 5.26 Å². The predicted molar refractivity (Wildman–Crippen MR) is 78.8 cm³/mol. The Hall–Kier alpha value is -0.320. The molecule has 1 aliphatic carbocycles. The summed E-state index contributed by atoms with van der Waals surface area (Å²) in [5.41, 5.74) is 0. The predicted octanol–water partition coefficient (Wildman–Crippen LogP) is 1.01. The molecule has 4 aliphatic rings. The van der Waals surface area contributed by atoms with E-state index in [9.17, 15) is 5.11 Å². The second-order valence-electron chi connectivity index (χ2n) is 7.43. The average molecular weight is 346 g/mol. The molecule has 3 aliphatic heterocycles. The maximum Gasteiger partial charge on any atom is 0.190 e. The first-order valence-electron chi connectivity index (χ1n) is 8.78. The molecule has 2 N–H and O–H groups in total. The molecule has 0 amide bonds. The average Bonchev–Trinajstić information content (AvgIpc) is 3.17. The lowest BCUT2D eigenvalue weighted by atomic mass is 9.84. The van der Waals surface area contributed by atoms with Crippen LogP contribution in [-0.2, 0) is 28.6 Å². The lowest BCUT2D eigenvalue weighted by molar-refractivity contribution is -0.305. The van der Waals surface area contributed by atoms with Gasteiger partial charge in [0.25, 0.3) is 0 Å². The summed E-state index contributed by atoms with van der Waals surface area (Å²) in [4.78, 5) is 4.40. The first-order valence-corrected chi connectivity index (χ1v) is 8.78. The van der Waals surface area contributed by atoms with Crippen LogP contribution < -0.4 is 0 Å². The molecule has 0 radical (unpaired) electrons. The Bertz CT molecular complexity index is 449. The number of fused-ring (bicyclic) bond motifs is 3. The van der Waals surface area contributed by atoms with E-state index in [0.29, 0.717) is 12.8 Å². The van der Waals surface area contributed by atoms with Crippen LogP contribution in [0, 0.1) is 5.92 Å². The molecule has 24 heavy (non-hydrogen) atoms. The molecule has 1 spiro atoms. The molecule has 0 bridgehead atoms. The highest BCUT2D eigenvalue weighted by molar-refractivity contribution is 5.02. The van der Waals surface area contributed by atoms with Crippen LogP contribution in [-0.4, -0.2) is 65.9 Å². The van der Waals surface area contributed by atoms with Crippen LogP contribution in [0.15, 0.2) is 0 Å². The second-order valence-corrected chi connectivity index (χ2v) is 7.43. The van der Waals surface area contributed by atoms with Crippen molar-refractivity contribution in [2.24, 2.45) is 5.92 Å². The molecule has 4 fully saturated rings. The molecule has 1 unspecified atom stereocenters. The first-order chi connectivity index (χ1) is 11.5. The third kappa shape index (κ3) is 2.89. The fourth-order valence-corrected chi connectivity index (χ4v) is 4.23. The summed E-state index contributed by atoms with van der Waals surface area (Å²) in [7, 11) is 0. The Kier molecular flexibility index (Phi) is 4.59. The van der Waals surface area contributed by atoms with E-state index in [4.69, 9.17) is 28.9 Å². The zero-order valence-electron chi connectivity index (χ0n) is 14.0. The van der Waals surface area contributed by atoms with Crippen LogP contribution in [0.3, 0.4) is 0 Å². The molecule has 1 saturated carbocycles. The highest BCUT2D eigenvalue weighted by atomic mass is 17.1. The van der Waals surface area contributed by atoms with Crippen LogP contribution in [0.4, 0.5) is 0 Å². The minimum Gasteiger partial charge on any atom is -0.370 e. The number of aliphatic hydroxyl groups excluding tert-OH is 1. The van der Waals surface area contributed by atoms with Gasteiger partial charge < -0.3 is 28.8 Å². The van der Waals surface area contributed by atoms with Gasteiger partial charge in [-0.2, -0.15) is 0 Å². The lowest BCUT2D eigenvalue weighted by Crippen LogP contribution is -2.42. The minimum absolute atomic E-state index is 0.000706. The Morgan fingerprint density at radius 3 is 2.50 bits per heavy atom. The summed E-state index contributed by atoms with van der Waals surface area (Å²) in [5, 5.41) is 19.0. The van der Waals surface area contributed by atoms with Gasteiger partial charge in [-0.05, 0) is 26.7 Å². The van der Waals surface area contributed by atoms with Crippen LogP contribution in [0.5, 0.6) is 0 Å². The third-order valence-electron chi connectivity index (χ3n) is 5.45. The third-order valence-corrected chi connectivity index (χ3v) is 5.45.